The van der Waals surface area contributed by atoms with Crippen molar-refractivity contribution in [3.05, 3.63) is 42.0 Å². The molecule has 0 saturated carbocycles. The van der Waals surface area contributed by atoms with Crippen molar-refractivity contribution in [3.8, 4) is 0 Å². The molecule has 0 fully saturated rings. The second-order valence-electron chi connectivity index (χ2n) is 6.23. The summed E-state index contributed by atoms with van der Waals surface area (Å²) in [6.07, 6.45) is 13.8. The van der Waals surface area contributed by atoms with Crippen molar-refractivity contribution < 1.29 is 9.59 Å². The van der Waals surface area contributed by atoms with Gasteiger partial charge >= 0.3 is 0 Å². The molecule has 1 aromatic carbocycles. The summed E-state index contributed by atoms with van der Waals surface area (Å²) in [5, 5.41) is 6.43. The first-order chi connectivity index (χ1) is 12.7. The Balaban J connectivity index is 2.04. The van der Waals surface area contributed by atoms with Gasteiger partial charge in [-0.2, -0.15) is 5.10 Å². The molecule has 142 valence electrons. The van der Waals surface area contributed by atoms with Gasteiger partial charge in [0.2, 0.25) is 5.91 Å². The quantitative estimate of drug-likeness (QED) is 0.317. The number of unbranched alkanes of at least 4 members (excludes halogenated alkanes) is 6. The van der Waals surface area contributed by atoms with Crippen LogP contribution in [0.3, 0.4) is 0 Å². The van der Waals surface area contributed by atoms with E-state index in [9.17, 15) is 9.59 Å². The third-order valence-electron chi connectivity index (χ3n) is 3.89. The van der Waals surface area contributed by atoms with Crippen LogP contribution in [0.1, 0.15) is 63.9 Å². The number of benzene rings is 1. The molecule has 0 aliphatic heterocycles. The van der Waals surface area contributed by atoms with E-state index in [1.54, 1.807) is 6.08 Å². The Kier molecular flexibility index (Phi) is 12.4. The summed E-state index contributed by atoms with van der Waals surface area (Å²) in [5.41, 5.74) is 3.44. The minimum absolute atomic E-state index is 0.0466. The Labute approximate surface area is 157 Å². The Morgan fingerprint density at radius 1 is 0.962 bits per heavy atom. The van der Waals surface area contributed by atoms with Gasteiger partial charge in [0.05, 0.1) is 6.54 Å². The molecule has 0 aliphatic rings. The zero-order chi connectivity index (χ0) is 18.9. The van der Waals surface area contributed by atoms with Crippen molar-refractivity contribution in [2.45, 2.75) is 58.3 Å². The van der Waals surface area contributed by atoms with Gasteiger partial charge in [0, 0.05) is 12.6 Å². The highest BCUT2D eigenvalue weighted by Crippen LogP contribution is 2.08. The first kappa shape index (κ1) is 21.6. The highest BCUT2D eigenvalue weighted by atomic mass is 16.2. The van der Waals surface area contributed by atoms with Gasteiger partial charge in [0.25, 0.3) is 5.91 Å². The molecule has 1 rings (SSSR count). The van der Waals surface area contributed by atoms with E-state index in [0.29, 0.717) is 6.42 Å². The Bertz CT molecular complexity index is 568. The van der Waals surface area contributed by atoms with Crippen LogP contribution in [0.2, 0.25) is 0 Å². The maximum Gasteiger partial charge on any atom is 0.259 e. The number of allylic oxidation sites excluding steroid dienone is 1. The molecule has 0 saturated heterocycles. The van der Waals surface area contributed by atoms with Crippen molar-refractivity contribution in [1.29, 1.82) is 0 Å². The standard InChI is InChI=1S/C21H31N3O2/c1-2-3-4-5-6-7-11-16-20(25)22-18-21(26)24-23-17-12-15-19-13-9-8-10-14-19/h8-10,12-15,17H,2-7,11,16,18H2,1H3,(H,22,25)(H,24,26)/b15-12+,23-17+. The van der Waals surface area contributed by atoms with E-state index in [1.165, 1.54) is 38.3 Å². The molecular weight excluding hydrogens is 326 g/mol. The van der Waals surface area contributed by atoms with Crippen LogP contribution < -0.4 is 10.7 Å². The smallest absolute Gasteiger partial charge is 0.259 e. The molecule has 2 N–H and O–H groups in total. The minimum atomic E-state index is -0.331. The molecule has 0 spiro atoms. The summed E-state index contributed by atoms with van der Waals surface area (Å²) in [6.45, 7) is 2.16. The molecule has 5 heteroatoms. The third-order valence-corrected chi connectivity index (χ3v) is 3.89. The predicted octanol–water partition coefficient (Wildman–Crippen LogP) is 4.06. The number of rotatable bonds is 13. The number of carbonyl (C=O) groups is 2. The largest absolute Gasteiger partial charge is 0.347 e. The maximum absolute atomic E-state index is 11.7. The fraction of sp³-hybridized carbons (Fsp3) is 0.476. The van der Waals surface area contributed by atoms with Gasteiger partial charge in [-0.05, 0) is 18.1 Å². The lowest BCUT2D eigenvalue weighted by Gasteiger charge is -2.04. The van der Waals surface area contributed by atoms with Crippen molar-refractivity contribution in [3.63, 3.8) is 0 Å². The second-order valence-corrected chi connectivity index (χ2v) is 6.23. The number of amides is 2. The van der Waals surface area contributed by atoms with E-state index in [-0.39, 0.29) is 18.4 Å². The lowest BCUT2D eigenvalue weighted by molar-refractivity contribution is -0.126. The molecule has 5 nitrogen and oxygen atoms in total. The zero-order valence-corrected chi connectivity index (χ0v) is 15.7. The summed E-state index contributed by atoms with van der Waals surface area (Å²) in [4.78, 5) is 23.3. The van der Waals surface area contributed by atoms with Crippen LogP contribution in [-0.4, -0.2) is 24.6 Å². The van der Waals surface area contributed by atoms with Crippen LogP contribution in [0.15, 0.2) is 41.5 Å². The fourth-order valence-electron chi connectivity index (χ4n) is 2.42. The maximum atomic E-state index is 11.7. The number of nitrogens with one attached hydrogen (secondary N) is 2. The molecule has 0 unspecified atom stereocenters. The minimum Gasteiger partial charge on any atom is -0.347 e. The number of hydrogen-bond acceptors (Lipinski definition) is 3. The van der Waals surface area contributed by atoms with Gasteiger partial charge in [0.1, 0.15) is 0 Å². The fourth-order valence-corrected chi connectivity index (χ4v) is 2.42. The van der Waals surface area contributed by atoms with E-state index in [1.807, 2.05) is 36.4 Å². The van der Waals surface area contributed by atoms with Gasteiger partial charge < -0.3 is 5.32 Å². The average Bonchev–Trinajstić information content (AvgIpc) is 2.66. The van der Waals surface area contributed by atoms with Crippen LogP contribution in [0.4, 0.5) is 0 Å². The summed E-state index contributed by atoms with van der Waals surface area (Å²) < 4.78 is 0. The Hall–Kier alpha value is -2.43. The van der Waals surface area contributed by atoms with Crippen molar-refractivity contribution in [2.24, 2.45) is 5.10 Å². The molecule has 0 aliphatic carbocycles. The zero-order valence-electron chi connectivity index (χ0n) is 15.7. The van der Waals surface area contributed by atoms with Crippen LogP contribution in [-0.2, 0) is 9.59 Å². The van der Waals surface area contributed by atoms with Crippen LogP contribution in [0.5, 0.6) is 0 Å². The highest BCUT2D eigenvalue weighted by Gasteiger charge is 2.04. The Morgan fingerprint density at radius 3 is 2.38 bits per heavy atom. The van der Waals surface area contributed by atoms with Gasteiger partial charge in [-0.1, -0.05) is 81.9 Å². The Morgan fingerprint density at radius 2 is 1.65 bits per heavy atom. The molecule has 0 heterocycles. The normalized spacial score (nSPS) is 11.1. The van der Waals surface area contributed by atoms with Crippen LogP contribution in [0, 0.1) is 0 Å². The lowest BCUT2D eigenvalue weighted by atomic mass is 10.1. The predicted molar refractivity (Wildman–Crippen MR) is 108 cm³/mol. The second kappa shape index (κ2) is 14.9. The summed E-state index contributed by atoms with van der Waals surface area (Å²) in [5.74, 6) is -0.413. The first-order valence-corrected chi connectivity index (χ1v) is 9.52. The first-order valence-electron chi connectivity index (χ1n) is 9.52. The molecular formula is C21H31N3O2. The van der Waals surface area contributed by atoms with Crippen molar-refractivity contribution >= 4 is 24.1 Å². The molecule has 1 aromatic rings. The lowest BCUT2D eigenvalue weighted by Crippen LogP contribution is -2.34. The molecule has 0 atom stereocenters. The molecule has 0 aromatic heterocycles. The highest BCUT2D eigenvalue weighted by molar-refractivity contribution is 5.85. The molecule has 0 radical (unpaired) electrons. The van der Waals surface area contributed by atoms with Crippen LogP contribution >= 0.6 is 0 Å². The number of nitrogens with zero attached hydrogens (tertiary/aromatic N) is 1. The van der Waals surface area contributed by atoms with E-state index in [2.05, 4.69) is 22.8 Å². The topological polar surface area (TPSA) is 70.6 Å². The van der Waals surface area contributed by atoms with Crippen molar-refractivity contribution in [2.75, 3.05) is 6.54 Å². The van der Waals surface area contributed by atoms with Gasteiger partial charge in [-0.3, -0.25) is 9.59 Å². The van der Waals surface area contributed by atoms with Crippen molar-refractivity contribution in [1.82, 2.24) is 10.7 Å². The van der Waals surface area contributed by atoms with E-state index < -0.39 is 0 Å². The third kappa shape index (κ3) is 12.0. The number of hydrogen-bond donors (Lipinski definition) is 2. The summed E-state index contributed by atoms with van der Waals surface area (Å²) in [7, 11) is 0. The molecule has 2 amide bonds. The van der Waals surface area contributed by atoms with E-state index in [4.69, 9.17) is 0 Å². The summed E-state index contributed by atoms with van der Waals surface area (Å²) in [6, 6.07) is 9.81. The SMILES string of the molecule is CCCCCCCCCC(=O)NCC(=O)N/N=C/C=C/c1ccccc1. The molecule has 26 heavy (non-hydrogen) atoms. The number of hydrazone groups is 1. The van der Waals surface area contributed by atoms with Gasteiger partial charge in [-0.15, -0.1) is 0 Å². The summed E-state index contributed by atoms with van der Waals surface area (Å²) >= 11 is 0. The van der Waals surface area contributed by atoms with Gasteiger partial charge in [0.15, 0.2) is 0 Å². The van der Waals surface area contributed by atoms with E-state index in [0.717, 1.165) is 18.4 Å². The monoisotopic (exact) mass is 357 g/mol. The molecule has 0 bridgehead atoms. The van der Waals surface area contributed by atoms with E-state index >= 15 is 0 Å². The average molecular weight is 357 g/mol. The number of carbonyl (C=O) groups excluding carboxylic acids is 2. The van der Waals surface area contributed by atoms with Gasteiger partial charge in [-0.25, -0.2) is 5.43 Å². The van der Waals surface area contributed by atoms with Crippen LogP contribution in [0.25, 0.3) is 6.08 Å².